The quantitative estimate of drug-likeness (QED) is 0.858. The molecule has 3 heteroatoms. The van der Waals surface area contributed by atoms with Crippen molar-refractivity contribution in [3.8, 4) is 5.75 Å². The molecule has 0 amide bonds. The molecule has 0 fully saturated rings. The molecule has 0 aliphatic carbocycles. The van der Waals surface area contributed by atoms with Crippen LogP contribution < -0.4 is 10.1 Å². The SMILES string of the molecule is CCCNc1ccc(COc2cc(C)ccc2C)cn1. The predicted octanol–water partition coefficient (Wildman–Crippen LogP) is 4.10. The Morgan fingerprint density at radius 3 is 2.70 bits per heavy atom. The van der Waals surface area contributed by atoms with Crippen LogP contribution in [0.3, 0.4) is 0 Å². The summed E-state index contributed by atoms with van der Waals surface area (Å²) in [5.74, 6) is 1.86. The van der Waals surface area contributed by atoms with Gasteiger partial charge in [0.1, 0.15) is 18.2 Å². The number of pyridine rings is 1. The van der Waals surface area contributed by atoms with Crippen molar-refractivity contribution in [1.29, 1.82) is 0 Å². The highest BCUT2D eigenvalue weighted by molar-refractivity contribution is 5.37. The van der Waals surface area contributed by atoms with E-state index in [0.717, 1.165) is 35.7 Å². The van der Waals surface area contributed by atoms with Crippen LogP contribution in [0.2, 0.25) is 0 Å². The average molecular weight is 270 g/mol. The van der Waals surface area contributed by atoms with Crippen LogP contribution >= 0.6 is 0 Å². The molecular formula is C17H22N2O. The third kappa shape index (κ3) is 3.98. The van der Waals surface area contributed by atoms with Gasteiger partial charge in [0.15, 0.2) is 0 Å². The van der Waals surface area contributed by atoms with Crippen molar-refractivity contribution in [3.63, 3.8) is 0 Å². The third-order valence-corrected chi connectivity index (χ3v) is 3.12. The first-order chi connectivity index (χ1) is 9.69. The molecule has 2 rings (SSSR count). The summed E-state index contributed by atoms with van der Waals surface area (Å²) in [6, 6.07) is 10.3. The van der Waals surface area contributed by atoms with E-state index in [4.69, 9.17) is 4.74 Å². The molecule has 1 N–H and O–H groups in total. The fraction of sp³-hybridized carbons (Fsp3) is 0.353. The molecule has 1 aromatic heterocycles. The zero-order chi connectivity index (χ0) is 14.4. The van der Waals surface area contributed by atoms with Gasteiger partial charge in [-0.1, -0.05) is 25.1 Å². The van der Waals surface area contributed by atoms with Crippen LogP contribution in [0.25, 0.3) is 0 Å². The zero-order valence-electron chi connectivity index (χ0n) is 12.4. The highest BCUT2D eigenvalue weighted by atomic mass is 16.5. The van der Waals surface area contributed by atoms with Crippen molar-refractivity contribution in [2.75, 3.05) is 11.9 Å². The normalized spacial score (nSPS) is 10.3. The predicted molar refractivity (Wildman–Crippen MR) is 83.3 cm³/mol. The lowest BCUT2D eigenvalue weighted by Crippen LogP contribution is -2.03. The summed E-state index contributed by atoms with van der Waals surface area (Å²) in [5.41, 5.74) is 3.44. The summed E-state index contributed by atoms with van der Waals surface area (Å²) in [4.78, 5) is 4.38. The summed E-state index contributed by atoms with van der Waals surface area (Å²) in [7, 11) is 0. The van der Waals surface area contributed by atoms with Crippen molar-refractivity contribution in [2.45, 2.75) is 33.8 Å². The van der Waals surface area contributed by atoms with Gasteiger partial charge < -0.3 is 10.1 Å². The first kappa shape index (κ1) is 14.4. The minimum absolute atomic E-state index is 0.547. The van der Waals surface area contributed by atoms with Crippen LogP contribution in [0.4, 0.5) is 5.82 Å². The van der Waals surface area contributed by atoms with Crippen molar-refractivity contribution in [3.05, 3.63) is 53.2 Å². The number of anilines is 1. The van der Waals surface area contributed by atoms with Gasteiger partial charge in [-0.05, 0) is 43.5 Å². The number of benzene rings is 1. The molecule has 2 aromatic rings. The molecule has 0 radical (unpaired) electrons. The van der Waals surface area contributed by atoms with E-state index in [1.807, 2.05) is 12.3 Å². The Balaban J connectivity index is 1.95. The Bertz CT molecular complexity index is 549. The molecule has 1 heterocycles. The molecular weight excluding hydrogens is 248 g/mol. The lowest BCUT2D eigenvalue weighted by molar-refractivity contribution is 0.303. The number of aryl methyl sites for hydroxylation is 2. The minimum atomic E-state index is 0.547. The summed E-state index contributed by atoms with van der Waals surface area (Å²) >= 11 is 0. The van der Waals surface area contributed by atoms with E-state index in [1.54, 1.807) is 0 Å². The molecule has 0 unspecified atom stereocenters. The highest BCUT2D eigenvalue weighted by Crippen LogP contribution is 2.20. The number of hydrogen-bond acceptors (Lipinski definition) is 3. The maximum absolute atomic E-state index is 5.86. The highest BCUT2D eigenvalue weighted by Gasteiger charge is 2.01. The molecule has 0 bridgehead atoms. The molecule has 1 aromatic carbocycles. The van der Waals surface area contributed by atoms with Gasteiger partial charge in [-0.25, -0.2) is 4.98 Å². The number of hydrogen-bond donors (Lipinski definition) is 1. The Kier molecular flexibility index (Phi) is 4.99. The van der Waals surface area contributed by atoms with Gasteiger partial charge in [0.2, 0.25) is 0 Å². The first-order valence-corrected chi connectivity index (χ1v) is 7.08. The first-order valence-electron chi connectivity index (χ1n) is 7.08. The lowest BCUT2D eigenvalue weighted by atomic mass is 10.1. The second-order valence-corrected chi connectivity index (χ2v) is 5.04. The number of nitrogens with one attached hydrogen (secondary N) is 1. The van der Waals surface area contributed by atoms with Crippen molar-refractivity contribution in [2.24, 2.45) is 0 Å². The van der Waals surface area contributed by atoms with Gasteiger partial charge in [-0.3, -0.25) is 0 Å². The fourth-order valence-corrected chi connectivity index (χ4v) is 1.89. The van der Waals surface area contributed by atoms with E-state index in [-0.39, 0.29) is 0 Å². The number of nitrogens with zero attached hydrogens (tertiary/aromatic N) is 1. The Morgan fingerprint density at radius 1 is 1.15 bits per heavy atom. The molecule has 0 saturated carbocycles. The standard InChI is InChI=1S/C17H22N2O/c1-4-9-18-17-8-7-15(11-19-17)12-20-16-10-13(2)5-6-14(16)3/h5-8,10-11H,4,9,12H2,1-3H3,(H,18,19). The maximum atomic E-state index is 5.86. The van der Waals surface area contributed by atoms with E-state index < -0.39 is 0 Å². The molecule has 0 atom stereocenters. The molecule has 3 nitrogen and oxygen atoms in total. The largest absolute Gasteiger partial charge is 0.489 e. The molecule has 0 saturated heterocycles. The second kappa shape index (κ2) is 6.94. The van der Waals surface area contributed by atoms with Crippen LogP contribution in [0.15, 0.2) is 36.5 Å². The van der Waals surface area contributed by atoms with Gasteiger partial charge in [0, 0.05) is 18.3 Å². The van der Waals surface area contributed by atoms with E-state index in [0.29, 0.717) is 6.61 Å². The van der Waals surface area contributed by atoms with Crippen LogP contribution in [-0.4, -0.2) is 11.5 Å². The second-order valence-electron chi connectivity index (χ2n) is 5.04. The maximum Gasteiger partial charge on any atom is 0.125 e. The van der Waals surface area contributed by atoms with Gasteiger partial charge in [0.05, 0.1) is 0 Å². The van der Waals surface area contributed by atoms with Crippen LogP contribution in [0.5, 0.6) is 5.75 Å². The minimum Gasteiger partial charge on any atom is -0.489 e. The number of rotatable bonds is 6. The molecule has 20 heavy (non-hydrogen) atoms. The smallest absolute Gasteiger partial charge is 0.125 e. The zero-order valence-corrected chi connectivity index (χ0v) is 12.4. The van der Waals surface area contributed by atoms with Crippen molar-refractivity contribution >= 4 is 5.82 Å². The van der Waals surface area contributed by atoms with Crippen molar-refractivity contribution in [1.82, 2.24) is 4.98 Å². The Hall–Kier alpha value is -2.03. The Morgan fingerprint density at radius 2 is 2.00 bits per heavy atom. The Labute approximate surface area is 121 Å². The van der Waals surface area contributed by atoms with Crippen LogP contribution in [0.1, 0.15) is 30.0 Å². The average Bonchev–Trinajstić information content (AvgIpc) is 2.47. The summed E-state index contributed by atoms with van der Waals surface area (Å²) < 4.78 is 5.86. The van der Waals surface area contributed by atoms with Gasteiger partial charge in [-0.2, -0.15) is 0 Å². The monoisotopic (exact) mass is 270 g/mol. The van der Waals surface area contributed by atoms with Crippen LogP contribution in [-0.2, 0) is 6.61 Å². The van der Waals surface area contributed by atoms with E-state index in [2.05, 4.69) is 55.3 Å². The fourth-order valence-electron chi connectivity index (χ4n) is 1.89. The lowest BCUT2D eigenvalue weighted by Gasteiger charge is -2.10. The van der Waals surface area contributed by atoms with Crippen molar-refractivity contribution < 1.29 is 4.74 Å². The van der Waals surface area contributed by atoms with E-state index in [1.165, 1.54) is 5.56 Å². The van der Waals surface area contributed by atoms with Gasteiger partial charge in [-0.15, -0.1) is 0 Å². The summed E-state index contributed by atoms with van der Waals surface area (Å²) in [6.45, 7) is 7.77. The van der Waals surface area contributed by atoms with Gasteiger partial charge in [0.25, 0.3) is 0 Å². The van der Waals surface area contributed by atoms with E-state index >= 15 is 0 Å². The van der Waals surface area contributed by atoms with E-state index in [9.17, 15) is 0 Å². The number of ether oxygens (including phenoxy) is 1. The molecule has 0 spiro atoms. The summed E-state index contributed by atoms with van der Waals surface area (Å²) in [6.07, 6.45) is 2.96. The molecule has 0 aliphatic heterocycles. The van der Waals surface area contributed by atoms with Crippen LogP contribution in [0, 0.1) is 13.8 Å². The van der Waals surface area contributed by atoms with Gasteiger partial charge >= 0.3 is 0 Å². The topological polar surface area (TPSA) is 34.1 Å². The number of aromatic nitrogens is 1. The summed E-state index contributed by atoms with van der Waals surface area (Å²) in [5, 5.41) is 3.26. The molecule has 106 valence electrons. The molecule has 0 aliphatic rings. The third-order valence-electron chi connectivity index (χ3n) is 3.12.